The SMILES string of the molecule is CCCCn1c(N)c(N(Cc2ccco2)C(=O)c2cccc(Oc3ccccc3)c2)c(=O)[nH]c1=O. The highest BCUT2D eigenvalue weighted by atomic mass is 16.5. The highest BCUT2D eigenvalue weighted by Gasteiger charge is 2.26. The Bertz CT molecular complexity index is 1410. The van der Waals surface area contributed by atoms with Crippen molar-refractivity contribution in [2.24, 2.45) is 0 Å². The molecule has 0 saturated carbocycles. The van der Waals surface area contributed by atoms with Crippen LogP contribution in [0.4, 0.5) is 11.5 Å². The lowest BCUT2D eigenvalue weighted by Gasteiger charge is -2.24. The van der Waals surface area contributed by atoms with Crippen molar-refractivity contribution in [3.05, 3.63) is 105 Å². The lowest BCUT2D eigenvalue weighted by atomic mass is 10.1. The van der Waals surface area contributed by atoms with E-state index in [-0.39, 0.29) is 23.6 Å². The van der Waals surface area contributed by atoms with Crippen LogP contribution in [0.3, 0.4) is 0 Å². The van der Waals surface area contributed by atoms with E-state index in [1.807, 2.05) is 25.1 Å². The van der Waals surface area contributed by atoms with Gasteiger partial charge in [0.1, 0.15) is 23.1 Å². The molecular weight excluding hydrogens is 448 g/mol. The molecule has 0 aliphatic heterocycles. The summed E-state index contributed by atoms with van der Waals surface area (Å²) in [4.78, 5) is 42.5. The summed E-state index contributed by atoms with van der Waals surface area (Å²) in [6.07, 6.45) is 2.98. The minimum Gasteiger partial charge on any atom is -0.467 e. The van der Waals surface area contributed by atoms with Gasteiger partial charge in [0.15, 0.2) is 5.69 Å². The van der Waals surface area contributed by atoms with Crippen LogP contribution in [0.1, 0.15) is 35.9 Å². The number of amides is 1. The number of para-hydroxylation sites is 1. The van der Waals surface area contributed by atoms with Crippen molar-refractivity contribution < 1.29 is 13.9 Å². The van der Waals surface area contributed by atoms with Gasteiger partial charge < -0.3 is 14.9 Å². The van der Waals surface area contributed by atoms with Gasteiger partial charge in [-0.1, -0.05) is 37.6 Å². The third-order valence-corrected chi connectivity index (χ3v) is 5.42. The molecule has 0 aliphatic carbocycles. The normalized spacial score (nSPS) is 10.8. The monoisotopic (exact) mass is 474 g/mol. The first-order chi connectivity index (χ1) is 17.0. The first kappa shape index (κ1) is 23.6. The number of hydrogen-bond donors (Lipinski definition) is 2. The number of unbranched alkanes of at least 4 members (excludes halogenated alkanes) is 1. The molecule has 4 aromatic rings. The summed E-state index contributed by atoms with van der Waals surface area (Å²) in [6, 6.07) is 19.2. The number of nitrogen functional groups attached to an aromatic ring is 1. The number of aromatic amines is 1. The van der Waals surface area contributed by atoms with Gasteiger partial charge in [-0.25, -0.2) is 4.79 Å². The minimum absolute atomic E-state index is 0.0606. The van der Waals surface area contributed by atoms with Crippen molar-refractivity contribution in [3.63, 3.8) is 0 Å². The number of carbonyl (C=O) groups is 1. The number of nitrogens with two attached hydrogens (primary N) is 1. The van der Waals surface area contributed by atoms with Crippen LogP contribution in [0.15, 0.2) is 87.0 Å². The molecule has 2 aromatic carbocycles. The number of benzene rings is 2. The standard InChI is InChI=1S/C26H26N4O5/c1-2-3-14-29-23(27)22(24(31)28-26(29)33)30(17-21-13-8-15-34-21)25(32)18-9-7-12-20(16-18)35-19-10-5-4-6-11-19/h4-13,15-16H,2-3,14,17,27H2,1H3,(H,28,31,33). The number of nitrogens with zero attached hydrogens (tertiary/aromatic N) is 2. The van der Waals surface area contributed by atoms with E-state index in [4.69, 9.17) is 14.9 Å². The predicted octanol–water partition coefficient (Wildman–Crippen LogP) is 4.15. The van der Waals surface area contributed by atoms with Crippen molar-refractivity contribution in [1.82, 2.24) is 9.55 Å². The van der Waals surface area contributed by atoms with E-state index in [0.29, 0.717) is 30.2 Å². The topological polar surface area (TPSA) is 124 Å². The van der Waals surface area contributed by atoms with Gasteiger partial charge in [-0.3, -0.25) is 24.0 Å². The van der Waals surface area contributed by atoms with Gasteiger partial charge in [0.25, 0.3) is 11.5 Å². The number of rotatable bonds is 9. The number of anilines is 2. The predicted molar refractivity (Wildman–Crippen MR) is 133 cm³/mol. The Morgan fingerprint density at radius 2 is 1.83 bits per heavy atom. The Morgan fingerprint density at radius 1 is 1.06 bits per heavy atom. The number of hydrogen-bond acceptors (Lipinski definition) is 6. The molecule has 0 fully saturated rings. The molecule has 35 heavy (non-hydrogen) atoms. The van der Waals surface area contributed by atoms with Gasteiger partial charge in [0, 0.05) is 12.1 Å². The number of H-pyrrole nitrogens is 1. The zero-order valence-electron chi connectivity index (χ0n) is 19.3. The third kappa shape index (κ3) is 5.35. The summed E-state index contributed by atoms with van der Waals surface area (Å²) in [5.41, 5.74) is 5.09. The summed E-state index contributed by atoms with van der Waals surface area (Å²) in [6.45, 7) is 2.23. The van der Waals surface area contributed by atoms with E-state index in [1.54, 1.807) is 48.5 Å². The minimum atomic E-state index is -0.753. The van der Waals surface area contributed by atoms with E-state index in [2.05, 4.69) is 4.98 Å². The lowest BCUT2D eigenvalue weighted by molar-refractivity contribution is 0.0982. The second-order valence-corrected chi connectivity index (χ2v) is 7.91. The molecule has 0 radical (unpaired) electrons. The Hall–Kier alpha value is -4.53. The van der Waals surface area contributed by atoms with Gasteiger partial charge in [-0.2, -0.15) is 0 Å². The molecule has 0 saturated heterocycles. The van der Waals surface area contributed by atoms with Crippen molar-refractivity contribution in [2.75, 3.05) is 10.6 Å². The average molecular weight is 475 g/mol. The van der Waals surface area contributed by atoms with Crippen LogP contribution in [0, 0.1) is 0 Å². The Balaban J connectivity index is 1.76. The Kier molecular flexibility index (Phi) is 7.15. The quantitative estimate of drug-likeness (QED) is 0.376. The molecule has 4 rings (SSSR count). The van der Waals surface area contributed by atoms with Crippen molar-refractivity contribution in [3.8, 4) is 11.5 Å². The van der Waals surface area contributed by atoms with E-state index >= 15 is 0 Å². The maximum absolute atomic E-state index is 13.7. The maximum atomic E-state index is 13.7. The smallest absolute Gasteiger partial charge is 0.330 e. The number of ether oxygens (including phenoxy) is 1. The molecule has 180 valence electrons. The molecule has 0 atom stereocenters. The average Bonchev–Trinajstić information content (AvgIpc) is 3.37. The van der Waals surface area contributed by atoms with Crippen LogP contribution in [0.2, 0.25) is 0 Å². The summed E-state index contributed by atoms with van der Waals surface area (Å²) < 4.78 is 12.6. The van der Waals surface area contributed by atoms with E-state index in [1.165, 1.54) is 15.7 Å². The van der Waals surface area contributed by atoms with Gasteiger partial charge in [0.05, 0.1) is 12.8 Å². The molecule has 0 aliphatic rings. The van der Waals surface area contributed by atoms with Crippen LogP contribution in [-0.2, 0) is 13.1 Å². The molecule has 2 aromatic heterocycles. The van der Waals surface area contributed by atoms with Gasteiger partial charge in [-0.15, -0.1) is 0 Å². The number of carbonyl (C=O) groups excluding carboxylic acids is 1. The summed E-state index contributed by atoms with van der Waals surface area (Å²) in [5, 5.41) is 0. The van der Waals surface area contributed by atoms with Crippen molar-refractivity contribution in [1.29, 1.82) is 0 Å². The van der Waals surface area contributed by atoms with Gasteiger partial charge in [0.2, 0.25) is 0 Å². The van der Waals surface area contributed by atoms with Crippen LogP contribution in [-0.4, -0.2) is 15.5 Å². The molecule has 1 amide bonds. The van der Waals surface area contributed by atoms with Crippen molar-refractivity contribution >= 4 is 17.4 Å². The summed E-state index contributed by atoms with van der Waals surface area (Å²) >= 11 is 0. The lowest BCUT2D eigenvalue weighted by Crippen LogP contribution is -2.41. The second kappa shape index (κ2) is 10.6. The first-order valence-corrected chi connectivity index (χ1v) is 11.3. The fourth-order valence-electron chi connectivity index (χ4n) is 3.66. The van der Waals surface area contributed by atoms with E-state index in [9.17, 15) is 14.4 Å². The molecule has 3 N–H and O–H groups in total. The number of nitrogens with one attached hydrogen (secondary N) is 1. The maximum Gasteiger partial charge on any atom is 0.330 e. The highest BCUT2D eigenvalue weighted by Crippen LogP contribution is 2.26. The zero-order chi connectivity index (χ0) is 24.8. The van der Waals surface area contributed by atoms with Crippen LogP contribution >= 0.6 is 0 Å². The molecule has 0 spiro atoms. The van der Waals surface area contributed by atoms with Crippen LogP contribution in [0.5, 0.6) is 11.5 Å². The summed E-state index contributed by atoms with van der Waals surface area (Å²) in [7, 11) is 0. The zero-order valence-corrected chi connectivity index (χ0v) is 19.3. The summed E-state index contributed by atoms with van der Waals surface area (Å²) in [5.74, 6) is 0.935. The number of furan rings is 1. The molecular formula is C26H26N4O5. The largest absolute Gasteiger partial charge is 0.467 e. The fraction of sp³-hybridized carbons (Fsp3) is 0.192. The second-order valence-electron chi connectivity index (χ2n) is 7.91. The van der Waals surface area contributed by atoms with Crippen LogP contribution in [0.25, 0.3) is 0 Å². The Labute approximate surface area is 201 Å². The highest BCUT2D eigenvalue weighted by molar-refractivity contribution is 6.07. The van der Waals surface area contributed by atoms with Gasteiger partial charge >= 0.3 is 5.69 Å². The Morgan fingerprint density at radius 3 is 2.54 bits per heavy atom. The van der Waals surface area contributed by atoms with E-state index in [0.717, 1.165) is 6.42 Å². The first-order valence-electron chi connectivity index (χ1n) is 11.3. The number of aromatic nitrogens is 2. The van der Waals surface area contributed by atoms with Gasteiger partial charge in [-0.05, 0) is 48.9 Å². The fourth-order valence-corrected chi connectivity index (χ4v) is 3.66. The van der Waals surface area contributed by atoms with E-state index < -0.39 is 17.2 Å². The molecule has 0 bridgehead atoms. The van der Waals surface area contributed by atoms with Crippen molar-refractivity contribution in [2.45, 2.75) is 32.9 Å². The third-order valence-electron chi connectivity index (χ3n) is 5.42. The molecule has 9 heteroatoms. The molecule has 0 unspecified atom stereocenters. The van der Waals surface area contributed by atoms with Crippen LogP contribution < -0.4 is 26.6 Å². The molecule has 2 heterocycles. The molecule has 9 nitrogen and oxygen atoms in total.